The second-order valence-electron chi connectivity index (χ2n) is 6.08. The summed E-state index contributed by atoms with van der Waals surface area (Å²) in [6.45, 7) is 6.10. The summed E-state index contributed by atoms with van der Waals surface area (Å²) in [5.74, 6) is 0. The average Bonchev–Trinajstić information content (AvgIpc) is 2.47. The van der Waals surface area contributed by atoms with Gasteiger partial charge in [0.1, 0.15) is 0 Å². The summed E-state index contributed by atoms with van der Waals surface area (Å²) in [5, 5.41) is 0. The molecule has 0 atom stereocenters. The molecule has 0 aromatic rings. The molecule has 0 unspecified atom stereocenters. The predicted octanol–water partition coefficient (Wildman–Crippen LogP) is 6.71. The van der Waals surface area contributed by atoms with Crippen LogP contribution in [0.4, 0.5) is 0 Å². The summed E-state index contributed by atoms with van der Waals surface area (Å²) in [4.78, 5) is 0. The molecule has 0 aliphatic carbocycles. The van der Waals surface area contributed by atoms with Crippen molar-refractivity contribution in [1.29, 1.82) is 0 Å². The standard InChI is InChI=1S/C19H39O/c1-3-5-6-7-8-9-10-11-12-13-14-15-16-17-19-20-18-4-2/h4H,3,5-19H2,1-2H3. The number of ether oxygens (including phenoxy) is 1. The van der Waals surface area contributed by atoms with Crippen LogP contribution in [0.5, 0.6) is 0 Å². The fourth-order valence-electron chi connectivity index (χ4n) is 2.60. The number of unbranched alkanes of at least 4 members (excludes halogenated alkanes) is 13. The van der Waals surface area contributed by atoms with Crippen molar-refractivity contribution >= 4 is 0 Å². The van der Waals surface area contributed by atoms with Gasteiger partial charge >= 0.3 is 0 Å². The summed E-state index contributed by atoms with van der Waals surface area (Å²) < 4.78 is 5.43. The molecule has 0 spiro atoms. The monoisotopic (exact) mass is 283 g/mol. The zero-order chi connectivity index (χ0) is 14.7. The van der Waals surface area contributed by atoms with E-state index in [-0.39, 0.29) is 0 Å². The Hall–Kier alpha value is -0.0400. The van der Waals surface area contributed by atoms with Crippen LogP contribution in [0.25, 0.3) is 0 Å². The quantitative estimate of drug-likeness (QED) is 0.270. The molecule has 0 rings (SSSR count). The summed E-state index contributed by atoms with van der Waals surface area (Å²) in [6, 6.07) is 0. The van der Waals surface area contributed by atoms with Gasteiger partial charge in [-0.05, 0) is 12.8 Å². The van der Waals surface area contributed by atoms with Crippen molar-refractivity contribution < 1.29 is 4.74 Å². The van der Waals surface area contributed by atoms with Gasteiger partial charge in [-0.3, -0.25) is 0 Å². The van der Waals surface area contributed by atoms with E-state index in [0.717, 1.165) is 13.2 Å². The van der Waals surface area contributed by atoms with Crippen LogP contribution in [-0.2, 0) is 4.74 Å². The summed E-state index contributed by atoms with van der Waals surface area (Å²) >= 11 is 0. The van der Waals surface area contributed by atoms with E-state index in [2.05, 4.69) is 13.3 Å². The lowest BCUT2D eigenvalue weighted by atomic mass is 10.0. The van der Waals surface area contributed by atoms with E-state index in [4.69, 9.17) is 4.74 Å². The molecule has 0 bridgehead atoms. The van der Waals surface area contributed by atoms with Crippen LogP contribution in [0.2, 0.25) is 0 Å². The van der Waals surface area contributed by atoms with Crippen LogP contribution >= 0.6 is 0 Å². The van der Waals surface area contributed by atoms with Crippen molar-refractivity contribution in [2.45, 2.75) is 104 Å². The Kier molecular flexibility index (Phi) is 18.9. The molecule has 0 aliphatic rings. The van der Waals surface area contributed by atoms with Crippen LogP contribution in [0, 0.1) is 6.42 Å². The van der Waals surface area contributed by atoms with Crippen molar-refractivity contribution in [3.8, 4) is 0 Å². The van der Waals surface area contributed by atoms with E-state index < -0.39 is 0 Å². The van der Waals surface area contributed by atoms with Gasteiger partial charge in [-0.1, -0.05) is 97.3 Å². The van der Waals surface area contributed by atoms with Gasteiger partial charge in [0.2, 0.25) is 0 Å². The first-order valence-corrected chi connectivity index (χ1v) is 9.27. The molecule has 0 heterocycles. The molecule has 0 aromatic carbocycles. The van der Waals surface area contributed by atoms with E-state index >= 15 is 0 Å². The van der Waals surface area contributed by atoms with Crippen LogP contribution in [-0.4, -0.2) is 13.2 Å². The Morgan fingerprint density at radius 3 is 1.40 bits per heavy atom. The largest absolute Gasteiger partial charge is 0.381 e. The molecule has 1 nitrogen and oxygen atoms in total. The first-order valence-electron chi connectivity index (χ1n) is 9.27. The third-order valence-corrected chi connectivity index (χ3v) is 3.93. The molecule has 0 N–H and O–H groups in total. The fourth-order valence-corrected chi connectivity index (χ4v) is 2.60. The van der Waals surface area contributed by atoms with Crippen molar-refractivity contribution in [3.63, 3.8) is 0 Å². The van der Waals surface area contributed by atoms with Crippen molar-refractivity contribution in [1.82, 2.24) is 0 Å². The van der Waals surface area contributed by atoms with Crippen LogP contribution < -0.4 is 0 Å². The minimum absolute atomic E-state index is 0.818. The highest BCUT2D eigenvalue weighted by molar-refractivity contribution is 4.52. The van der Waals surface area contributed by atoms with Crippen molar-refractivity contribution in [2.24, 2.45) is 0 Å². The Morgan fingerprint density at radius 1 is 0.600 bits per heavy atom. The zero-order valence-electron chi connectivity index (χ0n) is 14.3. The highest BCUT2D eigenvalue weighted by Gasteiger charge is 1.94. The minimum atomic E-state index is 0.818. The maximum Gasteiger partial charge on any atom is 0.0495 e. The van der Waals surface area contributed by atoms with Gasteiger partial charge in [0, 0.05) is 13.2 Å². The molecule has 0 fully saturated rings. The fraction of sp³-hybridized carbons (Fsp3) is 0.947. The lowest BCUT2D eigenvalue weighted by molar-refractivity contribution is 0.149. The van der Waals surface area contributed by atoms with Crippen LogP contribution in [0.1, 0.15) is 104 Å². The summed E-state index contributed by atoms with van der Waals surface area (Å²) in [6.07, 6.45) is 22.0. The maximum atomic E-state index is 5.43. The van der Waals surface area contributed by atoms with Gasteiger partial charge in [0.05, 0.1) is 0 Å². The third kappa shape index (κ3) is 18.0. The van der Waals surface area contributed by atoms with E-state index in [0.29, 0.717) is 0 Å². The molecule has 1 radical (unpaired) electrons. The number of hydrogen-bond acceptors (Lipinski definition) is 1. The molecule has 0 amide bonds. The molecule has 20 heavy (non-hydrogen) atoms. The van der Waals surface area contributed by atoms with Gasteiger partial charge < -0.3 is 4.74 Å². The summed E-state index contributed by atoms with van der Waals surface area (Å²) in [5.41, 5.74) is 0. The van der Waals surface area contributed by atoms with Gasteiger partial charge in [-0.25, -0.2) is 0 Å². The van der Waals surface area contributed by atoms with Gasteiger partial charge in [0.25, 0.3) is 0 Å². The molecule has 0 aromatic heterocycles. The van der Waals surface area contributed by atoms with Gasteiger partial charge in [0.15, 0.2) is 0 Å². The van der Waals surface area contributed by atoms with Crippen LogP contribution in [0.3, 0.4) is 0 Å². The highest BCUT2D eigenvalue weighted by Crippen LogP contribution is 2.12. The zero-order valence-corrected chi connectivity index (χ0v) is 14.3. The molecule has 0 aliphatic heterocycles. The normalized spacial score (nSPS) is 11.1. The summed E-state index contributed by atoms with van der Waals surface area (Å²) in [7, 11) is 0. The Morgan fingerprint density at radius 2 is 1.00 bits per heavy atom. The molecule has 0 saturated heterocycles. The van der Waals surface area contributed by atoms with Gasteiger partial charge in [-0.2, -0.15) is 0 Å². The molecular formula is C19H39O. The molecular weight excluding hydrogens is 244 g/mol. The number of rotatable bonds is 17. The lowest BCUT2D eigenvalue weighted by Gasteiger charge is -2.04. The molecule has 0 saturated carbocycles. The topological polar surface area (TPSA) is 9.23 Å². The first-order chi connectivity index (χ1) is 9.91. The number of hydrogen-bond donors (Lipinski definition) is 0. The highest BCUT2D eigenvalue weighted by atomic mass is 16.5. The predicted molar refractivity (Wildman–Crippen MR) is 91.1 cm³/mol. The molecule has 121 valence electrons. The van der Waals surface area contributed by atoms with E-state index in [9.17, 15) is 0 Å². The Bertz CT molecular complexity index is 138. The SMILES string of the molecule is C[CH]COCCCCCCCCCCCCCCCC. The minimum Gasteiger partial charge on any atom is -0.381 e. The van der Waals surface area contributed by atoms with Crippen molar-refractivity contribution in [3.05, 3.63) is 6.42 Å². The average molecular weight is 284 g/mol. The first kappa shape index (κ1) is 20.0. The maximum absolute atomic E-state index is 5.43. The van der Waals surface area contributed by atoms with E-state index in [1.165, 1.54) is 89.9 Å². The van der Waals surface area contributed by atoms with Gasteiger partial charge in [-0.15, -0.1) is 0 Å². The lowest BCUT2D eigenvalue weighted by Crippen LogP contribution is -1.95. The Balaban J connectivity index is 2.89. The Labute approximate surface area is 128 Å². The van der Waals surface area contributed by atoms with Crippen molar-refractivity contribution in [2.75, 3.05) is 13.2 Å². The third-order valence-electron chi connectivity index (χ3n) is 3.93. The second kappa shape index (κ2) is 19.0. The molecule has 1 heteroatoms. The van der Waals surface area contributed by atoms with E-state index in [1.54, 1.807) is 0 Å². The van der Waals surface area contributed by atoms with E-state index in [1.807, 2.05) is 6.92 Å². The van der Waals surface area contributed by atoms with Crippen LogP contribution in [0.15, 0.2) is 0 Å². The smallest absolute Gasteiger partial charge is 0.0495 e. The second-order valence-corrected chi connectivity index (χ2v) is 6.08.